The maximum absolute atomic E-state index is 13.9. The van der Waals surface area contributed by atoms with Crippen LogP contribution in [0.1, 0.15) is 28.9 Å². The minimum atomic E-state index is -0.305. The molecule has 30 heavy (non-hydrogen) atoms. The number of hydrogen-bond donors (Lipinski definition) is 0. The predicted molar refractivity (Wildman–Crippen MR) is 113 cm³/mol. The van der Waals surface area contributed by atoms with E-state index in [1.807, 2.05) is 58.3 Å². The minimum Gasteiger partial charge on any atom is -0.338 e. The first-order chi connectivity index (χ1) is 14.5. The summed E-state index contributed by atoms with van der Waals surface area (Å²) in [7, 11) is 0. The van der Waals surface area contributed by atoms with Crippen molar-refractivity contribution >= 4 is 22.6 Å². The molecule has 0 spiro atoms. The van der Waals surface area contributed by atoms with Crippen LogP contribution >= 0.6 is 0 Å². The maximum atomic E-state index is 13.9. The van der Waals surface area contributed by atoms with Gasteiger partial charge in [-0.2, -0.15) is 0 Å². The van der Waals surface area contributed by atoms with E-state index in [9.17, 15) is 14.0 Å². The smallest absolute Gasteiger partial charge is 0.254 e. The molecule has 152 valence electrons. The Labute approximate surface area is 174 Å². The molecule has 0 unspecified atom stereocenters. The van der Waals surface area contributed by atoms with Gasteiger partial charge in [0.25, 0.3) is 5.91 Å². The van der Waals surface area contributed by atoms with Gasteiger partial charge in [-0.1, -0.05) is 48.5 Å². The molecule has 2 amide bonds. The van der Waals surface area contributed by atoms with Gasteiger partial charge in [0.05, 0.1) is 6.04 Å². The van der Waals surface area contributed by atoms with Gasteiger partial charge in [-0.3, -0.25) is 9.59 Å². The fourth-order valence-electron chi connectivity index (χ4n) is 5.23. The number of benzene rings is 3. The van der Waals surface area contributed by atoms with Gasteiger partial charge in [0.2, 0.25) is 5.91 Å². The van der Waals surface area contributed by atoms with Crippen LogP contribution in [0.5, 0.6) is 0 Å². The van der Waals surface area contributed by atoms with Crippen LogP contribution < -0.4 is 0 Å². The molecule has 0 saturated carbocycles. The van der Waals surface area contributed by atoms with Gasteiger partial charge in [-0.05, 0) is 34.5 Å². The van der Waals surface area contributed by atoms with Crippen molar-refractivity contribution in [2.45, 2.75) is 13.0 Å². The van der Waals surface area contributed by atoms with Crippen molar-refractivity contribution < 1.29 is 14.0 Å². The lowest BCUT2D eigenvalue weighted by Gasteiger charge is -2.29. The first kappa shape index (κ1) is 18.8. The summed E-state index contributed by atoms with van der Waals surface area (Å²) in [6.45, 7) is 3.34. The van der Waals surface area contributed by atoms with Gasteiger partial charge >= 0.3 is 0 Å². The average Bonchev–Trinajstić information content (AvgIpc) is 3.31. The fraction of sp³-hybridized carbons (Fsp3) is 0.280. The number of carbonyl (C=O) groups is 2. The summed E-state index contributed by atoms with van der Waals surface area (Å²) in [5, 5.41) is 2.00. The number of rotatable bonds is 2. The standard InChI is InChI=1S/C25H23FN2O2/c1-16(29)28-14-19-13-27(15-23(19)24(28)18-8-4-9-20(26)12-18)25(30)22-11-5-7-17-6-2-3-10-21(17)22/h2-12,19,23-24H,13-15H2,1H3/t19-,23-,24+/m1/s1. The van der Waals surface area contributed by atoms with Crippen LogP contribution in [0, 0.1) is 17.7 Å². The van der Waals surface area contributed by atoms with Crippen LogP contribution in [0.25, 0.3) is 10.8 Å². The van der Waals surface area contributed by atoms with Crippen molar-refractivity contribution in [2.24, 2.45) is 11.8 Å². The Morgan fingerprint density at radius 2 is 1.70 bits per heavy atom. The summed E-state index contributed by atoms with van der Waals surface area (Å²) in [5.41, 5.74) is 1.51. The van der Waals surface area contributed by atoms with E-state index in [4.69, 9.17) is 0 Å². The third kappa shape index (κ3) is 3.05. The van der Waals surface area contributed by atoms with Crippen molar-refractivity contribution in [3.63, 3.8) is 0 Å². The van der Waals surface area contributed by atoms with Gasteiger partial charge < -0.3 is 9.80 Å². The molecule has 4 nitrogen and oxygen atoms in total. The number of halogens is 1. The molecule has 2 aliphatic rings. The molecule has 0 N–H and O–H groups in total. The van der Waals surface area contributed by atoms with Crippen molar-refractivity contribution in [1.29, 1.82) is 0 Å². The van der Waals surface area contributed by atoms with Gasteiger partial charge in [0, 0.05) is 44.0 Å². The van der Waals surface area contributed by atoms with Crippen LogP contribution in [-0.4, -0.2) is 41.2 Å². The van der Waals surface area contributed by atoms with Crippen LogP contribution in [0.2, 0.25) is 0 Å². The van der Waals surface area contributed by atoms with E-state index in [1.54, 1.807) is 13.0 Å². The van der Waals surface area contributed by atoms with E-state index in [1.165, 1.54) is 12.1 Å². The Kier molecular flexibility index (Phi) is 4.54. The lowest BCUT2D eigenvalue weighted by atomic mass is 9.89. The highest BCUT2D eigenvalue weighted by Crippen LogP contribution is 2.45. The highest BCUT2D eigenvalue weighted by Gasteiger charge is 2.49. The molecule has 3 atom stereocenters. The molecule has 0 aliphatic carbocycles. The van der Waals surface area contributed by atoms with Gasteiger partial charge in [0.1, 0.15) is 5.82 Å². The highest BCUT2D eigenvalue weighted by molar-refractivity contribution is 6.07. The number of carbonyl (C=O) groups excluding carboxylic acids is 2. The normalized spacial score (nSPS) is 23.1. The monoisotopic (exact) mass is 402 g/mol. The van der Waals surface area contributed by atoms with E-state index < -0.39 is 0 Å². The number of likely N-dealkylation sites (tertiary alicyclic amines) is 2. The second kappa shape index (κ2) is 7.24. The molecule has 2 saturated heterocycles. The average molecular weight is 402 g/mol. The van der Waals surface area contributed by atoms with Crippen LogP contribution in [-0.2, 0) is 4.79 Å². The maximum Gasteiger partial charge on any atom is 0.254 e. The molecule has 3 aromatic rings. The topological polar surface area (TPSA) is 40.6 Å². The Balaban J connectivity index is 1.45. The lowest BCUT2D eigenvalue weighted by Crippen LogP contribution is -2.36. The Morgan fingerprint density at radius 1 is 0.933 bits per heavy atom. The predicted octanol–water partition coefficient (Wildman–Crippen LogP) is 4.27. The van der Waals surface area contributed by atoms with Crippen LogP contribution in [0.4, 0.5) is 4.39 Å². The number of nitrogens with zero attached hydrogens (tertiary/aromatic N) is 2. The zero-order valence-electron chi connectivity index (χ0n) is 16.8. The molecule has 5 heteroatoms. The fourth-order valence-corrected chi connectivity index (χ4v) is 5.23. The minimum absolute atomic E-state index is 0.00871. The van der Waals surface area contributed by atoms with E-state index in [0.717, 1.165) is 16.3 Å². The Morgan fingerprint density at radius 3 is 2.50 bits per heavy atom. The second-order valence-electron chi connectivity index (χ2n) is 8.33. The summed E-state index contributed by atoms with van der Waals surface area (Å²) in [5.74, 6) is 0.0102. The summed E-state index contributed by atoms with van der Waals surface area (Å²) in [6, 6.07) is 20.0. The molecule has 2 aliphatic heterocycles. The van der Waals surface area contributed by atoms with Gasteiger partial charge in [-0.15, -0.1) is 0 Å². The molecule has 0 aromatic heterocycles. The molecular formula is C25H23FN2O2. The van der Waals surface area contributed by atoms with Crippen molar-refractivity contribution in [1.82, 2.24) is 9.80 Å². The SMILES string of the molecule is CC(=O)N1C[C@H]2CN(C(=O)c3cccc4ccccc34)C[C@H]2[C@@H]1c1cccc(F)c1. The number of amides is 2. The van der Waals surface area contributed by atoms with Crippen LogP contribution in [0.3, 0.4) is 0 Å². The second-order valence-corrected chi connectivity index (χ2v) is 8.33. The summed E-state index contributed by atoms with van der Waals surface area (Å²) >= 11 is 0. The summed E-state index contributed by atoms with van der Waals surface area (Å²) in [4.78, 5) is 29.4. The van der Waals surface area contributed by atoms with Gasteiger partial charge in [-0.25, -0.2) is 4.39 Å². The highest BCUT2D eigenvalue weighted by atomic mass is 19.1. The zero-order chi connectivity index (χ0) is 20.8. The summed E-state index contributed by atoms with van der Waals surface area (Å²) < 4.78 is 13.9. The van der Waals surface area contributed by atoms with E-state index in [2.05, 4.69) is 0 Å². The van der Waals surface area contributed by atoms with Crippen LogP contribution in [0.15, 0.2) is 66.7 Å². The first-order valence-electron chi connectivity index (χ1n) is 10.3. The number of hydrogen-bond acceptors (Lipinski definition) is 2. The van der Waals surface area contributed by atoms with E-state index >= 15 is 0 Å². The molecule has 5 rings (SSSR count). The number of fused-ring (bicyclic) bond motifs is 2. The van der Waals surface area contributed by atoms with Crippen molar-refractivity contribution in [2.75, 3.05) is 19.6 Å². The molecule has 0 bridgehead atoms. The van der Waals surface area contributed by atoms with E-state index in [0.29, 0.717) is 25.2 Å². The molecule has 0 radical (unpaired) electrons. The van der Waals surface area contributed by atoms with Gasteiger partial charge in [0.15, 0.2) is 0 Å². The molecule has 2 heterocycles. The molecular weight excluding hydrogens is 379 g/mol. The lowest BCUT2D eigenvalue weighted by molar-refractivity contribution is -0.130. The van der Waals surface area contributed by atoms with Crippen molar-refractivity contribution in [3.8, 4) is 0 Å². The Bertz CT molecular complexity index is 1140. The Hall–Kier alpha value is -3.21. The molecule has 3 aromatic carbocycles. The third-order valence-electron chi connectivity index (χ3n) is 6.57. The third-order valence-corrected chi connectivity index (χ3v) is 6.57. The zero-order valence-corrected chi connectivity index (χ0v) is 16.8. The molecule has 2 fully saturated rings. The quantitative estimate of drug-likeness (QED) is 0.642. The van der Waals surface area contributed by atoms with Crippen molar-refractivity contribution in [3.05, 3.63) is 83.7 Å². The first-order valence-corrected chi connectivity index (χ1v) is 10.3. The largest absolute Gasteiger partial charge is 0.338 e. The van der Waals surface area contributed by atoms with E-state index in [-0.39, 0.29) is 35.5 Å². The summed E-state index contributed by atoms with van der Waals surface area (Å²) in [6.07, 6.45) is 0.